The van der Waals surface area contributed by atoms with Crippen molar-refractivity contribution in [3.05, 3.63) is 35.9 Å². The summed E-state index contributed by atoms with van der Waals surface area (Å²) in [6.45, 7) is 6.39. The van der Waals surface area contributed by atoms with Crippen LogP contribution in [0.3, 0.4) is 0 Å². The van der Waals surface area contributed by atoms with Crippen molar-refractivity contribution in [3.63, 3.8) is 0 Å². The first-order chi connectivity index (χ1) is 7.58. The van der Waals surface area contributed by atoms with E-state index < -0.39 is 19.8 Å². The topological polar surface area (TPSA) is 34.1 Å². The second kappa shape index (κ2) is 4.58. The van der Waals surface area contributed by atoms with Crippen molar-refractivity contribution < 1.29 is 9.79 Å². The Morgan fingerprint density at radius 2 is 1.75 bits per heavy atom. The third-order valence-electron chi connectivity index (χ3n) is 2.56. The molecule has 1 rings (SSSR count). The van der Waals surface area contributed by atoms with Crippen LogP contribution in [0.5, 0.6) is 0 Å². The Bertz CT molecular complexity index is 470. The molecule has 0 amide bonds. The zero-order valence-corrected chi connectivity index (χ0v) is 11.1. The Hall–Kier alpha value is -0.830. The fourth-order valence-corrected chi connectivity index (χ4v) is 2.90. The normalized spacial score (nSPS) is 17.6. The lowest BCUT2D eigenvalue weighted by atomic mass is 10.1. The summed E-state index contributed by atoms with van der Waals surface area (Å²) in [5, 5.41) is -1.49. The van der Waals surface area contributed by atoms with E-state index in [9.17, 15) is 8.42 Å². The minimum atomic E-state index is -3.51. The van der Waals surface area contributed by atoms with Crippen LogP contribution in [0, 0.1) is 0 Å². The van der Waals surface area contributed by atoms with Gasteiger partial charge in [0.15, 0.2) is 9.84 Å². The van der Waals surface area contributed by atoms with Crippen LogP contribution in [0.4, 0.5) is 0 Å². The largest absolute Gasteiger partial charge is 0.228 e. The molecule has 0 aliphatic carbocycles. The van der Waals surface area contributed by atoms with Gasteiger partial charge in [-0.2, -0.15) is 0 Å². The molecule has 0 radical (unpaired) electrons. The summed E-state index contributed by atoms with van der Waals surface area (Å²) in [5.41, 5.74) is 0.873. The van der Waals surface area contributed by atoms with Crippen molar-refractivity contribution in [1.29, 1.82) is 0 Å². The molecule has 0 saturated heterocycles. The van der Waals surface area contributed by atoms with Crippen molar-refractivity contribution in [2.75, 3.05) is 0 Å². The van der Waals surface area contributed by atoms with E-state index in [1.807, 2.05) is 30.3 Å². The van der Waals surface area contributed by atoms with Crippen molar-refractivity contribution in [3.8, 4) is 0 Å². The van der Waals surface area contributed by atoms with Gasteiger partial charge in [-0.3, -0.25) is 0 Å². The summed E-state index contributed by atoms with van der Waals surface area (Å²) in [5.74, 6) is 0. The van der Waals surface area contributed by atoms with Crippen molar-refractivity contribution in [2.24, 2.45) is 0 Å². The Morgan fingerprint density at radius 1 is 1.25 bits per heavy atom. The maximum absolute atomic E-state index is 12.3. The predicted octanol–water partition coefficient (Wildman–Crippen LogP) is 2.83. The standard InChI is InChI=1S/C13H20O2S/c1-11(16(14,15)13(2,3)4)10-12-8-6-5-7-9-12/h5-9,11H,10H2,1-4H3/t11-/m1/s1/i11D. The van der Waals surface area contributed by atoms with Crippen LogP contribution < -0.4 is 0 Å². The van der Waals surface area contributed by atoms with E-state index in [0.29, 0.717) is 0 Å². The summed E-state index contributed by atoms with van der Waals surface area (Å²) in [7, 11) is -3.51. The molecule has 0 spiro atoms. The minimum Gasteiger partial charge on any atom is -0.228 e. The monoisotopic (exact) mass is 241 g/mol. The molecule has 0 fully saturated rings. The van der Waals surface area contributed by atoms with Crippen LogP contribution in [-0.2, 0) is 16.3 Å². The molecule has 0 aliphatic heterocycles. The van der Waals surface area contributed by atoms with Gasteiger partial charge in [-0.15, -0.1) is 0 Å². The molecule has 1 aromatic rings. The van der Waals surface area contributed by atoms with E-state index in [4.69, 9.17) is 1.37 Å². The number of hydrogen-bond acceptors (Lipinski definition) is 2. The number of benzene rings is 1. The lowest BCUT2D eigenvalue weighted by Crippen LogP contribution is -2.36. The van der Waals surface area contributed by atoms with Gasteiger partial charge in [-0.05, 0) is 39.7 Å². The maximum Gasteiger partial charge on any atom is 0.158 e. The number of hydrogen-bond donors (Lipinski definition) is 0. The molecule has 2 nitrogen and oxygen atoms in total. The SMILES string of the molecule is [2H][C@@](C)(Cc1ccccc1)S(=O)(=O)C(C)(C)C. The van der Waals surface area contributed by atoms with E-state index in [2.05, 4.69) is 0 Å². The van der Waals surface area contributed by atoms with Crippen LogP contribution >= 0.6 is 0 Å². The van der Waals surface area contributed by atoms with E-state index >= 15 is 0 Å². The highest BCUT2D eigenvalue weighted by molar-refractivity contribution is 7.93. The van der Waals surface area contributed by atoms with Crippen molar-refractivity contribution in [2.45, 2.75) is 44.1 Å². The molecule has 90 valence electrons. The second-order valence-corrected chi connectivity index (χ2v) is 7.91. The highest BCUT2D eigenvalue weighted by atomic mass is 32.2. The predicted molar refractivity (Wildman–Crippen MR) is 68.3 cm³/mol. The van der Waals surface area contributed by atoms with Gasteiger partial charge in [0.25, 0.3) is 0 Å². The average Bonchev–Trinajstić information content (AvgIpc) is 2.16. The lowest BCUT2D eigenvalue weighted by Gasteiger charge is -2.24. The molecule has 0 N–H and O–H groups in total. The smallest absolute Gasteiger partial charge is 0.158 e. The molecule has 0 bridgehead atoms. The third kappa shape index (κ3) is 2.85. The van der Waals surface area contributed by atoms with Crippen molar-refractivity contribution >= 4 is 9.84 Å². The molecule has 0 aromatic heterocycles. The molecular weight excluding hydrogens is 220 g/mol. The number of sulfone groups is 1. The molecule has 0 saturated carbocycles. The fraction of sp³-hybridized carbons (Fsp3) is 0.538. The Morgan fingerprint density at radius 3 is 2.19 bits per heavy atom. The lowest BCUT2D eigenvalue weighted by molar-refractivity contribution is 0.546. The van der Waals surface area contributed by atoms with Gasteiger partial charge < -0.3 is 0 Å². The van der Waals surface area contributed by atoms with Gasteiger partial charge in [-0.1, -0.05) is 30.3 Å². The summed E-state index contributed by atoms with van der Waals surface area (Å²) in [6, 6.07) is 9.29. The zero-order valence-electron chi connectivity index (χ0n) is 11.3. The summed E-state index contributed by atoms with van der Waals surface area (Å²) in [4.78, 5) is 0. The molecule has 0 unspecified atom stereocenters. The summed E-state index contributed by atoms with van der Waals surface area (Å²) < 4.78 is 31.8. The molecule has 0 aliphatic rings. The van der Waals surface area contributed by atoms with Crippen LogP contribution in [0.25, 0.3) is 0 Å². The molecular formula is C13H20O2S. The zero-order chi connectivity index (χ0) is 13.3. The van der Waals surface area contributed by atoms with Gasteiger partial charge in [0.2, 0.25) is 0 Å². The Kier molecular flexibility index (Phi) is 3.33. The van der Waals surface area contributed by atoms with Crippen LogP contribution in [-0.4, -0.2) is 18.4 Å². The number of rotatable bonds is 3. The fourth-order valence-electron chi connectivity index (χ4n) is 1.50. The second-order valence-electron chi connectivity index (χ2n) is 4.98. The highest BCUT2D eigenvalue weighted by Gasteiger charge is 2.34. The third-order valence-corrected chi connectivity index (χ3v) is 5.24. The van der Waals surface area contributed by atoms with Gasteiger partial charge in [0, 0.05) is 1.37 Å². The first-order valence-corrected chi connectivity index (χ1v) is 6.84. The van der Waals surface area contributed by atoms with Crippen LogP contribution in [0.15, 0.2) is 30.3 Å². The minimum absolute atomic E-state index is 0.216. The van der Waals surface area contributed by atoms with Gasteiger partial charge in [0.1, 0.15) is 0 Å². The summed E-state index contributed by atoms with van der Waals surface area (Å²) >= 11 is 0. The van der Waals surface area contributed by atoms with E-state index in [1.54, 1.807) is 20.8 Å². The van der Waals surface area contributed by atoms with E-state index in [-0.39, 0.29) is 6.42 Å². The molecule has 3 heteroatoms. The average molecular weight is 241 g/mol. The first-order valence-electron chi connectivity index (χ1n) is 5.86. The van der Waals surface area contributed by atoms with E-state index in [0.717, 1.165) is 5.56 Å². The maximum atomic E-state index is 12.3. The Balaban J connectivity index is 3.06. The van der Waals surface area contributed by atoms with Gasteiger partial charge in [0.05, 0.1) is 9.97 Å². The van der Waals surface area contributed by atoms with E-state index in [1.165, 1.54) is 6.92 Å². The Labute approximate surface area is 100 Å². The molecule has 1 aromatic carbocycles. The van der Waals surface area contributed by atoms with Gasteiger partial charge >= 0.3 is 0 Å². The quantitative estimate of drug-likeness (QED) is 0.815. The van der Waals surface area contributed by atoms with Crippen molar-refractivity contribution in [1.82, 2.24) is 0 Å². The first kappa shape index (κ1) is 11.6. The van der Waals surface area contributed by atoms with Crippen LogP contribution in [0.2, 0.25) is 0 Å². The highest BCUT2D eigenvalue weighted by Crippen LogP contribution is 2.22. The van der Waals surface area contributed by atoms with Gasteiger partial charge in [-0.25, -0.2) is 8.42 Å². The molecule has 16 heavy (non-hydrogen) atoms. The van der Waals surface area contributed by atoms with Crippen LogP contribution in [0.1, 0.15) is 34.6 Å². The molecule has 0 heterocycles. The summed E-state index contributed by atoms with van der Waals surface area (Å²) in [6.07, 6.45) is 0.216. The molecule has 1 atom stereocenters.